The van der Waals surface area contributed by atoms with Crippen molar-refractivity contribution in [3.63, 3.8) is 0 Å². The Morgan fingerprint density at radius 2 is 2.05 bits per heavy atom. The molecule has 1 aliphatic rings. The molecular formula is C15H17NO4. The van der Waals surface area contributed by atoms with E-state index in [-0.39, 0.29) is 18.2 Å². The van der Waals surface area contributed by atoms with Crippen molar-refractivity contribution in [3.05, 3.63) is 36.5 Å². The number of nitrogens with zero attached hydrogens (tertiary/aromatic N) is 1. The molecule has 20 heavy (non-hydrogen) atoms. The van der Waals surface area contributed by atoms with Crippen molar-refractivity contribution >= 4 is 17.4 Å². The Bertz CT molecular complexity index is 521. The molecule has 5 nitrogen and oxygen atoms in total. The number of benzene rings is 1. The Morgan fingerprint density at radius 3 is 2.65 bits per heavy atom. The van der Waals surface area contributed by atoms with Crippen LogP contribution in [0.3, 0.4) is 0 Å². The highest BCUT2D eigenvalue weighted by Crippen LogP contribution is 2.25. The van der Waals surface area contributed by atoms with Gasteiger partial charge in [0.1, 0.15) is 11.8 Å². The quantitative estimate of drug-likeness (QED) is 0.786. The summed E-state index contributed by atoms with van der Waals surface area (Å²) in [6.45, 7) is 2.04. The maximum absolute atomic E-state index is 12.0. The monoisotopic (exact) mass is 275 g/mol. The molecule has 0 amide bonds. The first-order valence-corrected chi connectivity index (χ1v) is 6.45. The number of methoxy groups -OCH3 is 1. The molecule has 0 bridgehead atoms. The van der Waals surface area contributed by atoms with E-state index in [9.17, 15) is 9.59 Å². The number of esters is 1. The van der Waals surface area contributed by atoms with E-state index in [1.165, 1.54) is 6.08 Å². The summed E-state index contributed by atoms with van der Waals surface area (Å²) in [7, 11) is 1.59. The van der Waals surface area contributed by atoms with E-state index in [4.69, 9.17) is 9.47 Å². The van der Waals surface area contributed by atoms with Crippen LogP contribution in [0.15, 0.2) is 36.5 Å². The van der Waals surface area contributed by atoms with E-state index < -0.39 is 6.04 Å². The molecule has 0 fully saturated rings. The highest BCUT2D eigenvalue weighted by molar-refractivity contribution is 5.97. The van der Waals surface area contributed by atoms with Gasteiger partial charge in [0.05, 0.1) is 13.7 Å². The molecule has 0 unspecified atom stereocenters. The van der Waals surface area contributed by atoms with Crippen molar-refractivity contribution in [3.8, 4) is 5.75 Å². The zero-order valence-electron chi connectivity index (χ0n) is 11.5. The molecule has 1 aromatic carbocycles. The van der Waals surface area contributed by atoms with Gasteiger partial charge in [0.15, 0.2) is 5.78 Å². The second kappa shape index (κ2) is 6.23. The number of carbonyl (C=O) groups excluding carboxylic acids is 2. The van der Waals surface area contributed by atoms with Gasteiger partial charge in [0.2, 0.25) is 0 Å². The fourth-order valence-electron chi connectivity index (χ4n) is 2.08. The van der Waals surface area contributed by atoms with Crippen LogP contribution in [0.2, 0.25) is 0 Å². The normalized spacial score (nSPS) is 18.0. The number of carbonyl (C=O) groups is 2. The molecule has 0 aliphatic carbocycles. The zero-order chi connectivity index (χ0) is 14.5. The molecule has 5 heteroatoms. The highest BCUT2D eigenvalue weighted by Gasteiger charge is 2.31. The van der Waals surface area contributed by atoms with Crippen molar-refractivity contribution in [1.29, 1.82) is 0 Å². The SMILES string of the molecule is CCOC(=O)[C@@H]1CC(=O)C=CN1c1ccc(OC)cc1. The molecular weight excluding hydrogens is 258 g/mol. The second-order valence-corrected chi connectivity index (χ2v) is 4.36. The minimum atomic E-state index is -0.610. The first-order valence-electron chi connectivity index (χ1n) is 6.45. The summed E-state index contributed by atoms with van der Waals surface area (Å²) in [4.78, 5) is 25.2. The lowest BCUT2D eigenvalue weighted by Crippen LogP contribution is -2.42. The second-order valence-electron chi connectivity index (χ2n) is 4.36. The van der Waals surface area contributed by atoms with E-state index in [0.717, 1.165) is 11.4 Å². The van der Waals surface area contributed by atoms with Crippen molar-refractivity contribution in [1.82, 2.24) is 0 Å². The van der Waals surface area contributed by atoms with Gasteiger partial charge in [-0.05, 0) is 37.3 Å². The third-order valence-corrected chi connectivity index (χ3v) is 3.08. The van der Waals surface area contributed by atoms with Crippen molar-refractivity contribution in [2.75, 3.05) is 18.6 Å². The van der Waals surface area contributed by atoms with Crippen LogP contribution in [0, 0.1) is 0 Å². The number of allylic oxidation sites excluding steroid dienone is 1. The van der Waals surface area contributed by atoms with Crippen LogP contribution in [-0.4, -0.2) is 31.5 Å². The molecule has 0 spiro atoms. The fraction of sp³-hybridized carbons (Fsp3) is 0.333. The van der Waals surface area contributed by atoms with Crippen LogP contribution < -0.4 is 9.64 Å². The number of rotatable bonds is 4. The highest BCUT2D eigenvalue weighted by atomic mass is 16.5. The molecule has 0 aromatic heterocycles. The van der Waals surface area contributed by atoms with E-state index in [2.05, 4.69) is 0 Å². The topological polar surface area (TPSA) is 55.8 Å². The van der Waals surface area contributed by atoms with Crippen LogP contribution in [0.25, 0.3) is 0 Å². The molecule has 0 saturated heterocycles. The van der Waals surface area contributed by atoms with Gasteiger partial charge in [-0.25, -0.2) is 4.79 Å². The number of ether oxygens (including phenoxy) is 2. The maximum atomic E-state index is 12.0. The van der Waals surface area contributed by atoms with Crippen molar-refractivity contribution < 1.29 is 19.1 Å². The number of anilines is 1. The largest absolute Gasteiger partial charge is 0.497 e. The van der Waals surface area contributed by atoms with Crippen LogP contribution in [0.4, 0.5) is 5.69 Å². The number of hydrogen-bond donors (Lipinski definition) is 0. The van der Waals surface area contributed by atoms with Gasteiger partial charge >= 0.3 is 5.97 Å². The van der Waals surface area contributed by atoms with Gasteiger partial charge in [-0.2, -0.15) is 0 Å². The van der Waals surface area contributed by atoms with Gasteiger partial charge in [0, 0.05) is 18.3 Å². The first kappa shape index (κ1) is 14.1. The number of hydrogen-bond acceptors (Lipinski definition) is 5. The van der Waals surface area contributed by atoms with Gasteiger partial charge < -0.3 is 14.4 Å². The van der Waals surface area contributed by atoms with Crippen LogP contribution in [0.5, 0.6) is 5.75 Å². The lowest BCUT2D eigenvalue weighted by atomic mass is 10.0. The van der Waals surface area contributed by atoms with Crippen molar-refractivity contribution in [2.45, 2.75) is 19.4 Å². The lowest BCUT2D eigenvalue weighted by Gasteiger charge is -2.31. The zero-order valence-corrected chi connectivity index (χ0v) is 11.5. The lowest BCUT2D eigenvalue weighted by molar-refractivity contribution is -0.145. The minimum absolute atomic E-state index is 0.0761. The molecule has 1 aromatic rings. The molecule has 1 aliphatic heterocycles. The van der Waals surface area contributed by atoms with Crippen molar-refractivity contribution in [2.24, 2.45) is 0 Å². The maximum Gasteiger partial charge on any atom is 0.329 e. The van der Waals surface area contributed by atoms with Gasteiger partial charge in [-0.3, -0.25) is 4.79 Å². The average Bonchev–Trinajstić information content (AvgIpc) is 2.47. The summed E-state index contributed by atoms with van der Waals surface area (Å²) in [6.07, 6.45) is 3.22. The summed E-state index contributed by atoms with van der Waals surface area (Å²) in [5.41, 5.74) is 0.813. The predicted octanol–water partition coefficient (Wildman–Crippen LogP) is 1.92. The summed E-state index contributed by atoms with van der Waals surface area (Å²) in [5.74, 6) is 0.271. The molecule has 1 atom stereocenters. The van der Waals surface area contributed by atoms with E-state index in [0.29, 0.717) is 6.61 Å². The Hall–Kier alpha value is -2.30. The van der Waals surface area contributed by atoms with E-state index in [1.54, 1.807) is 25.1 Å². The average molecular weight is 275 g/mol. The van der Waals surface area contributed by atoms with Gasteiger partial charge in [-0.1, -0.05) is 0 Å². The minimum Gasteiger partial charge on any atom is -0.497 e. The Labute approximate surface area is 117 Å². The summed E-state index contributed by atoms with van der Waals surface area (Å²) in [5, 5.41) is 0. The van der Waals surface area contributed by atoms with Gasteiger partial charge in [0.25, 0.3) is 0 Å². The standard InChI is InChI=1S/C15H17NO4/c1-3-20-15(18)14-10-12(17)8-9-16(14)11-4-6-13(19-2)7-5-11/h4-9,14H,3,10H2,1-2H3/t14-/m0/s1. The molecule has 2 rings (SSSR count). The first-order chi connectivity index (χ1) is 9.65. The molecule has 0 saturated carbocycles. The third kappa shape index (κ3) is 2.99. The molecule has 0 radical (unpaired) electrons. The Balaban J connectivity index is 2.27. The molecule has 106 valence electrons. The Kier molecular flexibility index (Phi) is 4.40. The van der Waals surface area contributed by atoms with Gasteiger partial charge in [-0.15, -0.1) is 0 Å². The predicted molar refractivity (Wildman–Crippen MR) is 74.7 cm³/mol. The number of ketones is 1. The molecule has 0 N–H and O–H groups in total. The molecule has 1 heterocycles. The smallest absolute Gasteiger partial charge is 0.329 e. The van der Waals surface area contributed by atoms with E-state index in [1.807, 2.05) is 24.3 Å². The summed E-state index contributed by atoms with van der Waals surface area (Å²) < 4.78 is 10.1. The Morgan fingerprint density at radius 1 is 1.35 bits per heavy atom. The van der Waals surface area contributed by atoms with Crippen LogP contribution in [-0.2, 0) is 14.3 Å². The summed E-state index contributed by atoms with van der Waals surface area (Å²) in [6, 6.07) is 6.68. The van der Waals surface area contributed by atoms with E-state index >= 15 is 0 Å². The van der Waals surface area contributed by atoms with Crippen LogP contribution >= 0.6 is 0 Å². The summed E-state index contributed by atoms with van der Waals surface area (Å²) >= 11 is 0. The van der Waals surface area contributed by atoms with Crippen LogP contribution in [0.1, 0.15) is 13.3 Å². The fourth-order valence-corrected chi connectivity index (χ4v) is 2.08. The third-order valence-electron chi connectivity index (χ3n) is 3.08.